The molecule has 3 N–H and O–H groups in total. The van der Waals surface area contributed by atoms with Crippen LogP contribution in [-0.4, -0.2) is 18.3 Å². The number of nitrogens with two attached hydrogens (primary N) is 1. The van der Waals surface area contributed by atoms with Crippen LogP contribution in [0.5, 0.6) is 0 Å². The number of hydrogen-bond donors (Lipinski definition) is 2. The van der Waals surface area contributed by atoms with Gasteiger partial charge in [0.05, 0.1) is 6.61 Å². The molecular formula is C16H17F2NO. The zero-order chi connectivity index (χ0) is 14.6. The van der Waals surface area contributed by atoms with Crippen LogP contribution in [0.15, 0.2) is 48.5 Å². The first-order chi connectivity index (χ1) is 9.59. The maximum atomic E-state index is 13.4. The Morgan fingerprint density at radius 3 is 2.10 bits per heavy atom. The second-order valence-corrected chi connectivity index (χ2v) is 4.96. The van der Waals surface area contributed by atoms with E-state index in [0.29, 0.717) is 12.0 Å². The fourth-order valence-electron chi connectivity index (χ4n) is 2.35. The minimum Gasteiger partial charge on any atom is -0.395 e. The molecule has 0 saturated heterocycles. The van der Waals surface area contributed by atoms with Gasteiger partial charge in [0, 0.05) is 18.0 Å². The molecule has 1 unspecified atom stereocenters. The Morgan fingerprint density at radius 2 is 1.60 bits per heavy atom. The molecule has 2 aromatic carbocycles. The maximum absolute atomic E-state index is 13.4. The SMILES string of the molecule is NCC(CO)(Cc1ccccc1)c1cc(F)cc(F)c1. The molecule has 0 amide bonds. The Bertz CT molecular complexity index is 548. The van der Waals surface area contributed by atoms with Crippen molar-refractivity contribution in [2.75, 3.05) is 13.2 Å². The van der Waals surface area contributed by atoms with Crippen LogP contribution in [0.4, 0.5) is 8.78 Å². The highest BCUT2D eigenvalue weighted by molar-refractivity contribution is 5.31. The Morgan fingerprint density at radius 1 is 1.00 bits per heavy atom. The smallest absolute Gasteiger partial charge is 0.126 e. The van der Waals surface area contributed by atoms with E-state index in [1.54, 1.807) is 0 Å². The molecule has 0 aliphatic heterocycles. The van der Waals surface area contributed by atoms with Crippen molar-refractivity contribution in [3.63, 3.8) is 0 Å². The van der Waals surface area contributed by atoms with E-state index in [4.69, 9.17) is 5.73 Å². The van der Waals surface area contributed by atoms with Crippen molar-refractivity contribution in [1.82, 2.24) is 0 Å². The summed E-state index contributed by atoms with van der Waals surface area (Å²) in [5, 5.41) is 9.75. The molecular weight excluding hydrogens is 260 g/mol. The van der Waals surface area contributed by atoms with Crippen LogP contribution in [0.25, 0.3) is 0 Å². The topological polar surface area (TPSA) is 46.2 Å². The normalized spacial score (nSPS) is 14.0. The number of hydrogen-bond acceptors (Lipinski definition) is 2. The fraction of sp³-hybridized carbons (Fsp3) is 0.250. The molecule has 0 aliphatic rings. The number of halogens is 2. The summed E-state index contributed by atoms with van der Waals surface area (Å²) in [5.74, 6) is -1.33. The third-order valence-corrected chi connectivity index (χ3v) is 3.55. The van der Waals surface area contributed by atoms with Gasteiger partial charge in [0.25, 0.3) is 0 Å². The van der Waals surface area contributed by atoms with Gasteiger partial charge >= 0.3 is 0 Å². The fourth-order valence-corrected chi connectivity index (χ4v) is 2.35. The summed E-state index contributed by atoms with van der Waals surface area (Å²) < 4.78 is 26.8. The van der Waals surface area contributed by atoms with E-state index in [0.717, 1.165) is 11.6 Å². The van der Waals surface area contributed by atoms with Gasteiger partial charge in [-0.1, -0.05) is 30.3 Å². The largest absolute Gasteiger partial charge is 0.395 e. The monoisotopic (exact) mass is 277 g/mol. The molecule has 0 aliphatic carbocycles. The quantitative estimate of drug-likeness (QED) is 0.881. The average Bonchev–Trinajstić information content (AvgIpc) is 2.45. The standard InChI is InChI=1S/C16H17F2NO/c17-14-6-13(7-15(18)8-14)16(10-19,11-20)9-12-4-2-1-3-5-12/h1-8,20H,9-11,19H2. The highest BCUT2D eigenvalue weighted by Gasteiger charge is 2.31. The van der Waals surface area contributed by atoms with Crippen LogP contribution >= 0.6 is 0 Å². The number of rotatable bonds is 5. The van der Waals surface area contributed by atoms with E-state index in [1.807, 2.05) is 30.3 Å². The lowest BCUT2D eigenvalue weighted by atomic mass is 9.76. The highest BCUT2D eigenvalue weighted by Crippen LogP contribution is 2.28. The van der Waals surface area contributed by atoms with Crippen molar-refractivity contribution < 1.29 is 13.9 Å². The molecule has 0 saturated carbocycles. The van der Waals surface area contributed by atoms with E-state index in [9.17, 15) is 13.9 Å². The first kappa shape index (κ1) is 14.6. The molecule has 2 nitrogen and oxygen atoms in total. The van der Waals surface area contributed by atoms with Crippen molar-refractivity contribution in [2.45, 2.75) is 11.8 Å². The van der Waals surface area contributed by atoms with Gasteiger partial charge in [0.1, 0.15) is 11.6 Å². The van der Waals surface area contributed by atoms with E-state index < -0.39 is 17.0 Å². The van der Waals surface area contributed by atoms with Crippen molar-refractivity contribution in [3.05, 3.63) is 71.3 Å². The zero-order valence-corrected chi connectivity index (χ0v) is 11.0. The van der Waals surface area contributed by atoms with Crippen LogP contribution in [0.3, 0.4) is 0 Å². The van der Waals surface area contributed by atoms with Gasteiger partial charge < -0.3 is 10.8 Å². The molecule has 0 heterocycles. The Balaban J connectivity index is 2.43. The summed E-state index contributed by atoms with van der Waals surface area (Å²) in [6.07, 6.45) is 0.420. The Hall–Kier alpha value is -1.78. The third-order valence-electron chi connectivity index (χ3n) is 3.55. The van der Waals surface area contributed by atoms with Gasteiger partial charge in [-0.25, -0.2) is 8.78 Å². The second kappa shape index (κ2) is 6.11. The summed E-state index contributed by atoms with van der Waals surface area (Å²) in [6.45, 7) is -0.178. The van der Waals surface area contributed by atoms with Gasteiger partial charge in [0.2, 0.25) is 0 Å². The van der Waals surface area contributed by atoms with Crippen LogP contribution in [0.1, 0.15) is 11.1 Å². The molecule has 0 bridgehead atoms. The van der Waals surface area contributed by atoms with Gasteiger partial charge in [-0.15, -0.1) is 0 Å². The first-order valence-electron chi connectivity index (χ1n) is 6.41. The summed E-state index contributed by atoms with van der Waals surface area (Å²) in [6, 6.07) is 12.7. The molecule has 4 heteroatoms. The average molecular weight is 277 g/mol. The molecule has 2 rings (SSSR count). The molecule has 0 fully saturated rings. The van der Waals surface area contributed by atoms with Crippen molar-refractivity contribution in [1.29, 1.82) is 0 Å². The lowest BCUT2D eigenvalue weighted by Gasteiger charge is -2.31. The van der Waals surface area contributed by atoms with E-state index in [2.05, 4.69) is 0 Å². The number of aliphatic hydroxyl groups excluding tert-OH is 1. The first-order valence-corrected chi connectivity index (χ1v) is 6.41. The summed E-state index contributed by atoms with van der Waals surface area (Å²) in [5.41, 5.74) is 6.24. The van der Waals surface area contributed by atoms with Gasteiger partial charge in [-0.05, 0) is 29.7 Å². The Labute approximate surface area is 116 Å². The number of benzene rings is 2. The predicted octanol–water partition coefficient (Wildman–Crippen LogP) is 2.40. The van der Waals surface area contributed by atoms with Crippen LogP contribution in [0.2, 0.25) is 0 Å². The minimum atomic E-state index is -0.885. The molecule has 0 aromatic heterocycles. The third kappa shape index (κ3) is 3.03. The van der Waals surface area contributed by atoms with E-state index in [1.165, 1.54) is 12.1 Å². The Kier molecular flexibility index (Phi) is 4.47. The summed E-state index contributed by atoms with van der Waals surface area (Å²) in [4.78, 5) is 0. The van der Waals surface area contributed by atoms with Crippen LogP contribution in [0, 0.1) is 11.6 Å². The van der Waals surface area contributed by atoms with Crippen LogP contribution < -0.4 is 5.73 Å². The highest BCUT2D eigenvalue weighted by atomic mass is 19.1. The molecule has 0 radical (unpaired) electrons. The van der Waals surface area contributed by atoms with E-state index in [-0.39, 0.29) is 13.2 Å². The van der Waals surface area contributed by atoms with E-state index >= 15 is 0 Å². The molecule has 20 heavy (non-hydrogen) atoms. The molecule has 2 aromatic rings. The molecule has 1 atom stereocenters. The second-order valence-electron chi connectivity index (χ2n) is 4.96. The van der Waals surface area contributed by atoms with Gasteiger partial charge in [-0.2, -0.15) is 0 Å². The lowest BCUT2D eigenvalue weighted by molar-refractivity contribution is 0.195. The summed E-state index contributed by atoms with van der Waals surface area (Å²) >= 11 is 0. The number of aliphatic hydroxyl groups is 1. The molecule has 0 spiro atoms. The lowest BCUT2D eigenvalue weighted by Crippen LogP contribution is -2.41. The summed E-state index contributed by atoms with van der Waals surface area (Å²) in [7, 11) is 0. The molecule has 106 valence electrons. The van der Waals surface area contributed by atoms with Crippen LogP contribution in [-0.2, 0) is 11.8 Å². The van der Waals surface area contributed by atoms with Crippen molar-refractivity contribution in [2.24, 2.45) is 5.73 Å². The van der Waals surface area contributed by atoms with Gasteiger partial charge in [-0.3, -0.25) is 0 Å². The maximum Gasteiger partial charge on any atom is 0.126 e. The van der Waals surface area contributed by atoms with Crippen molar-refractivity contribution in [3.8, 4) is 0 Å². The van der Waals surface area contributed by atoms with Gasteiger partial charge in [0.15, 0.2) is 0 Å². The zero-order valence-electron chi connectivity index (χ0n) is 11.0. The predicted molar refractivity (Wildman–Crippen MR) is 74.3 cm³/mol. The van der Waals surface area contributed by atoms with Crippen molar-refractivity contribution >= 4 is 0 Å². The minimum absolute atomic E-state index is 0.0985.